The molecule has 0 spiro atoms. The minimum absolute atomic E-state index is 0.0562. The highest BCUT2D eigenvalue weighted by atomic mass is 19.4. The molecule has 0 aromatic heterocycles. The Kier molecular flexibility index (Phi) is 10.9. The zero-order chi connectivity index (χ0) is 29.3. The van der Waals surface area contributed by atoms with Crippen LogP contribution in [0.4, 0.5) is 29.3 Å². The van der Waals surface area contributed by atoms with Gasteiger partial charge in [0, 0.05) is 55.7 Å². The summed E-state index contributed by atoms with van der Waals surface area (Å²) < 4.78 is 51.4. The first kappa shape index (κ1) is 30.8. The molecule has 1 saturated heterocycles. The first-order chi connectivity index (χ1) is 19.0. The number of nitro benzene ring substituents is 1. The number of ether oxygens (including phenoxy) is 2. The summed E-state index contributed by atoms with van der Waals surface area (Å²) in [5.41, 5.74) is -1.13. The maximum atomic E-state index is 13.3. The summed E-state index contributed by atoms with van der Waals surface area (Å²) in [6, 6.07) is 2.92. The largest absolute Gasteiger partial charge is 0.491 e. The molecule has 1 aromatic rings. The highest BCUT2D eigenvalue weighted by Crippen LogP contribution is 2.38. The third-order valence-corrected chi connectivity index (χ3v) is 6.96. The summed E-state index contributed by atoms with van der Waals surface area (Å²) >= 11 is 0. The van der Waals surface area contributed by atoms with Crippen LogP contribution in [0.3, 0.4) is 0 Å². The van der Waals surface area contributed by atoms with Crippen molar-refractivity contribution in [2.75, 3.05) is 38.1 Å². The topological polar surface area (TPSA) is 97.2 Å². The van der Waals surface area contributed by atoms with Gasteiger partial charge in [0.1, 0.15) is 11.3 Å². The predicted molar refractivity (Wildman–Crippen MR) is 146 cm³/mol. The molecular weight excluding hydrogens is 529 g/mol. The average Bonchev–Trinajstić information content (AvgIpc) is 2.94. The number of hydrogen-bond donors (Lipinski definition) is 1. The lowest BCUT2D eigenvalue weighted by Gasteiger charge is -2.36. The van der Waals surface area contributed by atoms with E-state index in [2.05, 4.69) is 16.8 Å². The van der Waals surface area contributed by atoms with Crippen molar-refractivity contribution in [2.45, 2.75) is 64.3 Å². The number of rotatable bonds is 10. The van der Waals surface area contributed by atoms with Crippen molar-refractivity contribution >= 4 is 17.5 Å². The first-order valence-corrected chi connectivity index (χ1v) is 13.5. The summed E-state index contributed by atoms with van der Waals surface area (Å²) in [4.78, 5) is 25.9. The quantitative estimate of drug-likeness (QED) is 0.150. The number of anilines is 1. The average molecular weight is 567 g/mol. The number of carbonyl (C=O) groups excluding carboxylic acids is 1. The second-order valence-corrected chi connectivity index (χ2v) is 9.78. The molecule has 0 bridgehead atoms. The molecule has 40 heavy (non-hydrogen) atoms. The van der Waals surface area contributed by atoms with Crippen LogP contribution in [0.5, 0.6) is 0 Å². The van der Waals surface area contributed by atoms with Gasteiger partial charge in [-0.15, -0.1) is 0 Å². The van der Waals surface area contributed by atoms with Crippen LogP contribution in [0.2, 0.25) is 0 Å². The Labute approximate surface area is 232 Å². The van der Waals surface area contributed by atoms with E-state index in [1.165, 1.54) is 6.07 Å². The Morgan fingerprint density at radius 3 is 2.38 bits per heavy atom. The van der Waals surface area contributed by atoms with E-state index in [4.69, 9.17) is 9.47 Å². The molecule has 3 rings (SSSR count). The summed E-state index contributed by atoms with van der Waals surface area (Å²) in [6.07, 6.45) is 3.93. The molecule has 1 amide bonds. The van der Waals surface area contributed by atoms with Gasteiger partial charge in [-0.1, -0.05) is 13.5 Å². The summed E-state index contributed by atoms with van der Waals surface area (Å²) in [5, 5.41) is 14.1. The molecule has 220 valence electrons. The van der Waals surface area contributed by atoms with Gasteiger partial charge < -0.3 is 24.6 Å². The highest BCUT2D eigenvalue weighted by Gasteiger charge is 2.38. The van der Waals surface area contributed by atoms with E-state index < -0.39 is 22.4 Å². The molecule has 2 aliphatic rings. The minimum atomic E-state index is -4.82. The van der Waals surface area contributed by atoms with Gasteiger partial charge in [0.05, 0.1) is 17.6 Å². The van der Waals surface area contributed by atoms with Crippen LogP contribution < -0.4 is 5.32 Å². The van der Waals surface area contributed by atoms with Crippen molar-refractivity contribution in [3.8, 4) is 0 Å². The molecule has 0 unspecified atom stereocenters. The molecule has 0 atom stereocenters. The molecule has 1 saturated carbocycles. The van der Waals surface area contributed by atoms with Gasteiger partial charge in [0.15, 0.2) is 0 Å². The maximum absolute atomic E-state index is 13.3. The Morgan fingerprint density at radius 1 is 1.18 bits per heavy atom. The number of nitro groups is 1. The van der Waals surface area contributed by atoms with Crippen molar-refractivity contribution in [1.82, 2.24) is 9.80 Å². The Morgan fingerprint density at radius 2 is 1.82 bits per heavy atom. The normalized spacial score (nSPS) is 20.6. The summed E-state index contributed by atoms with van der Waals surface area (Å²) in [6.45, 7) is 10.6. The van der Waals surface area contributed by atoms with Crippen LogP contribution >= 0.6 is 0 Å². The lowest BCUT2D eigenvalue weighted by Crippen LogP contribution is -2.48. The van der Waals surface area contributed by atoms with Crippen LogP contribution in [0, 0.1) is 10.1 Å². The van der Waals surface area contributed by atoms with Crippen LogP contribution in [0.25, 0.3) is 0 Å². The van der Waals surface area contributed by atoms with E-state index in [9.17, 15) is 28.1 Å². The fourth-order valence-electron chi connectivity index (χ4n) is 4.80. The van der Waals surface area contributed by atoms with Gasteiger partial charge in [0.2, 0.25) is 0 Å². The second kappa shape index (κ2) is 14.1. The Hall–Kier alpha value is -3.70. The van der Waals surface area contributed by atoms with Crippen molar-refractivity contribution in [3.05, 3.63) is 70.1 Å². The number of benzene rings is 1. The molecule has 2 fully saturated rings. The molecule has 12 heteroatoms. The van der Waals surface area contributed by atoms with E-state index in [0.29, 0.717) is 64.2 Å². The monoisotopic (exact) mass is 566 g/mol. The number of piperazine rings is 1. The lowest BCUT2D eigenvalue weighted by atomic mass is 9.92. The number of carbonyl (C=O) groups is 1. The van der Waals surface area contributed by atoms with Crippen molar-refractivity contribution in [3.63, 3.8) is 0 Å². The lowest BCUT2D eigenvalue weighted by molar-refractivity contribution is -0.388. The minimum Gasteiger partial charge on any atom is -0.491 e. The van der Waals surface area contributed by atoms with Crippen LogP contribution in [0.1, 0.15) is 51.5 Å². The van der Waals surface area contributed by atoms with Gasteiger partial charge >= 0.3 is 12.3 Å². The van der Waals surface area contributed by atoms with Crippen molar-refractivity contribution in [2.24, 2.45) is 0 Å². The first-order valence-electron chi connectivity index (χ1n) is 13.5. The number of alkyl halides is 3. The Bertz CT molecular complexity index is 1110. The number of amides is 1. The fourth-order valence-corrected chi connectivity index (χ4v) is 4.80. The van der Waals surface area contributed by atoms with E-state index >= 15 is 0 Å². The molecule has 1 heterocycles. The summed E-state index contributed by atoms with van der Waals surface area (Å²) in [5.74, 6) is 0.696. The summed E-state index contributed by atoms with van der Waals surface area (Å²) in [7, 11) is 0. The molecule has 9 nitrogen and oxygen atoms in total. The van der Waals surface area contributed by atoms with Crippen LogP contribution in [0.15, 0.2) is 54.5 Å². The van der Waals surface area contributed by atoms with E-state index in [0.717, 1.165) is 24.3 Å². The van der Waals surface area contributed by atoms with Crippen molar-refractivity contribution < 1.29 is 32.4 Å². The molecular formula is C28H37F3N4O5. The molecule has 1 N–H and O–H groups in total. The number of allylic oxidation sites excluding steroid dienone is 3. The van der Waals surface area contributed by atoms with Gasteiger partial charge in [0.25, 0.3) is 5.69 Å². The van der Waals surface area contributed by atoms with Gasteiger partial charge in [-0.05, 0) is 63.3 Å². The smallest absolute Gasteiger partial charge is 0.423 e. The zero-order valence-corrected chi connectivity index (χ0v) is 22.9. The second-order valence-electron chi connectivity index (χ2n) is 9.78. The van der Waals surface area contributed by atoms with Crippen LogP contribution in [-0.4, -0.2) is 65.7 Å². The van der Waals surface area contributed by atoms with Gasteiger partial charge in [-0.2, -0.15) is 13.2 Å². The number of nitrogens with zero attached hydrogens (tertiary/aromatic N) is 3. The number of nitrogens with one attached hydrogen (secondary N) is 1. The predicted octanol–water partition coefficient (Wildman–Crippen LogP) is 6.49. The van der Waals surface area contributed by atoms with E-state index in [-0.39, 0.29) is 23.9 Å². The molecule has 1 aliphatic carbocycles. The number of hydrogen-bond acceptors (Lipinski definition) is 7. The third kappa shape index (κ3) is 8.40. The third-order valence-electron chi connectivity index (χ3n) is 6.96. The molecule has 1 aliphatic heterocycles. The Balaban J connectivity index is 1.53. The molecule has 0 radical (unpaired) electrons. The fraction of sp³-hybridized carbons (Fsp3) is 0.536. The van der Waals surface area contributed by atoms with Crippen molar-refractivity contribution in [1.29, 1.82) is 0 Å². The zero-order valence-electron chi connectivity index (χ0n) is 22.9. The molecule has 1 aromatic carbocycles. The van der Waals surface area contributed by atoms with E-state index in [1.54, 1.807) is 11.0 Å². The highest BCUT2D eigenvalue weighted by molar-refractivity contribution is 5.67. The SMILES string of the molecule is C=C/C(=C\C(=C/C)OC1CCC(Nc2ccc([N+](=O)[O-])c(C(F)(F)F)c2)CC1)N1CCN(C(=O)OCCC)CC1. The van der Waals surface area contributed by atoms with Gasteiger partial charge in [-0.3, -0.25) is 10.1 Å². The number of halogens is 3. The standard InChI is InChI=1S/C28H37F3N4O5/c1-4-17-39-27(36)34-15-13-33(14-16-34)22(5-2)19-23(6-3)40-24-10-7-20(8-11-24)32-21-9-12-26(35(37)38)25(18-21)28(29,30)31/h5-6,9,12,18-20,24,32H,2,4,7-8,10-11,13-17H2,1,3H3/b22-19+,23-6+. The van der Waals surface area contributed by atoms with Gasteiger partial charge in [-0.25, -0.2) is 4.79 Å². The maximum Gasteiger partial charge on any atom is 0.423 e. The van der Waals surface area contributed by atoms with Crippen LogP contribution in [-0.2, 0) is 15.7 Å². The van der Waals surface area contributed by atoms with E-state index in [1.807, 2.05) is 26.0 Å².